The second kappa shape index (κ2) is 7.65. The summed E-state index contributed by atoms with van der Waals surface area (Å²) in [4.78, 5) is 4.43. The third-order valence-electron chi connectivity index (χ3n) is 3.26. The van der Waals surface area contributed by atoms with Crippen molar-refractivity contribution in [3.8, 4) is 5.75 Å². The van der Waals surface area contributed by atoms with Gasteiger partial charge in [0.1, 0.15) is 5.75 Å². The summed E-state index contributed by atoms with van der Waals surface area (Å²) >= 11 is 1.50. The summed E-state index contributed by atoms with van der Waals surface area (Å²) in [5.41, 5.74) is 4.68. The summed E-state index contributed by atoms with van der Waals surface area (Å²) in [7, 11) is 1.62. The third kappa shape index (κ3) is 3.75. The predicted octanol–water partition coefficient (Wildman–Crippen LogP) is 5.22. The monoisotopic (exact) mass is 339 g/mol. The van der Waals surface area contributed by atoms with Crippen molar-refractivity contribution >= 4 is 38.2 Å². The first kappa shape index (κ1) is 16.1. The van der Waals surface area contributed by atoms with Crippen LogP contribution in [0.2, 0.25) is 0 Å². The number of thiazole rings is 1. The molecule has 0 spiro atoms. The Bertz CT molecular complexity index is 854. The Hall–Kier alpha value is -2.80. The van der Waals surface area contributed by atoms with Crippen molar-refractivity contribution in [2.75, 3.05) is 12.5 Å². The molecule has 0 amide bonds. The Balaban J connectivity index is 1.75. The van der Waals surface area contributed by atoms with Crippen molar-refractivity contribution in [2.45, 2.75) is 13.3 Å². The van der Waals surface area contributed by atoms with Crippen molar-refractivity contribution in [1.82, 2.24) is 4.98 Å². The fraction of sp³-hybridized carbons (Fsp3) is 0.176. The number of methoxy groups -OCH3 is 1. The van der Waals surface area contributed by atoms with Gasteiger partial charge in [-0.2, -0.15) is 5.10 Å². The average Bonchev–Trinajstić information content (AvgIpc) is 3.05. The largest absolute Gasteiger partial charge is 0.495 e. The van der Waals surface area contributed by atoms with Gasteiger partial charge in [-0.3, -0.25) is 5.43 Å². The molecule has 3 aromatic rings. The molecule has 1 aromatic heterocycles. The van der Waals surface area contributed by atoms with E-state index in [9.17, 15) is 0 Å². The van der Waals surface area contributed by atoms with E-state index in [1.165, 1.54) is 11.3 Å². The van der Waals surface area contributed by atoms with Crippen molar-refractivity contribution < 1.29 is 4.74 Å². The van der Waals surface area contributed by atoms with Crippen LogP contribution >= 0.6 is 11.3 Å². The van der Waals surface area contributed by atoms with E-state index in [4.69, 9.17) is 4.74 Å². The maximum atomic E-state index is 5.28. The Morgan fingerprint density at radius 2 is 1.96 bits per heavy atom. The van der Waals surface area contributed by atoms with E-state index in [-0.39, 0.29) is 0 Å². The predicted molar refractivity (Wildman–Crippen MR) is 98.5 cm³/mol. The highest BCUT2D eigenvalue weighted by atomic mass is 32.1. The summed E-state index contributed by atoms with van der Waals surface area (Å²) in [5.74, 6) is 1.31. The normalized spacial score (nSPS) is 12.0. The first-order chi connectivity index (χ1) is 11.8. The van der Waals surface area contributed by atoms with E-state index in [2.05, 4.69) is 25.7 Å². The van der Waals surface area contributed by atoms with E-state index in [1.807, 2.05) is 55.5 Å². The number of nitrogens with one attached hydrogen (secondary N) is 1. The molecular weight excluding hydrogens is 322 g/mol. The maximum Gasteiger partial charge on any atom is 0.231 e. The highest BCUT2D eigenvalue weighted by Gasteiger charge is 2.03. The van der Waals surface area contributed by atoms with Crippen LogP contribution in [-0.4, -0.2) is 17.9 Å². The van der Waals surface area contributed by atoms with Crippen LogP contribution in [0, 0.1) is 0 Å². The summed E-state index contributed by atoms with van der Waals surface area (Å²) in [5, 5.41) is 13.3. The minimum absolute atomic E-state index is 0.583. The Morgan fingerprint density at radius 1 is 1.17 bits per heavy atom. The van der Waals surface area contributed by atoms with E-state index in [1.54, 1.807) is 7.11 Å². The molecule has 1 heterocycles. The quantitative estimate of drug-likeness (QED) is 0.300. The van der Waals surface area contributed by atoms with Gasteiger partial charge in [-0.15, -0.1) is 10.2 Å². The molecule has 1 N–H and O–H groups in total. The standard InChI is InChI=1S/C17H17N5OS/c1-3-16(20-19-12-8-4-6-10-14(12)23-2)21-22-17-18-13-9-5-7-11-15(13)24-17/h4-11,19H,3H2,1-2H3. The highest BCUT2D eigenvalue weighted by Crippen LogP contribution is 2.28. The van der Waals surface area contributed by atoms with Gasteiger partial charge in [-0.05, 0) is 24.3 Å². The highest BCUT2D eigenvalue weighted by molar-refractivity contribution is 7.21. The number of hydrogen-bond acceptors (Lipinski definition) is 6. The summed E-state index contributed by atoms with van der Waals surface area (Å²) in [6.45, 7) is 1.97. The first-order valence-corrected chi connectivity index (χ1v) is 8.34. The second-order valence-corrected chi connectivity index (χ2v) is 5.87. The number of azo groups is 1. The molecule has 0 aliphatic carbocycles. The molecule has 3 rings (SSSR count). The average molecular weight is 339 g/mol. The molecule has 24 heavy (non-hydrogen) atoms. The molecule has 0 unspecified atom stereocenters. The van der Waals surface area contributed by atoms with Crippen molar-refractivity contribution in [1.29, 1.82) is 0 Å². The number of nitrogens with zero attached hydrogens (tertiary/aromatic N) is 4. The Labute approximate surface area is 143 Å². The maximum absolute atomic E-state index is 5.28. The molecule has 2 aromatic carbocycles. The van der Waals surface area contributed by atoms with E-state index in [0.29, 0.717) is 17.4 Å². The van der Waals surface area contributed by atoms with Crippen LogP contribution in [0.3, 0.4) is 0 Å². The lowest BCUT2D eigenvalue weighted by Gasteiger charge is -2.06. The number of para-hydroxylation sites is 3. The van der Waals surface area contributed by atoms with Crippen LogP contribution < -0.4 is 10.2 Å². The number of anilines is 1. The second-order valence-electron chi connectivity index (χ2n) is 4.86. The first-order valence-electron chi connectivity index (χ1n) is 7.53. The minimum atomic E-state index is 0.583. The summed E-state index contributed by atoms with van der Waals surface area (Å²) in [6, 6.07) is 15.5. The van der Waals surface area contributed by atoms with E-state index in [0.717, 1.165) is 21.7 Å². The third-order valence-corrected chi connectivity index (χ3v) is 4.18. The van der Waals surface area contributed by atoms with Gasteiger partial charge in [0.05, 0.1) is 23.0 Å². The summed E-state index contributed by atoms with van der Waals surface area (Å²) < 4.78 is 6.37. The number of rotatable bonds is 5. The number of ether oxygens (including phenoxy) is 1. The SMILES string of the molecule is CCC(N=Nc1nc2ccccc2s1)=NNc1ccccc1OC. The van der Waals surface area contributed by atoms with Gasteiger partial charge in [-0.1, -0.05) is 42.5 Å². The van der Waals surface area contributed by atoms with Crippen LogP contribution in [-0.2, 0) is 0 Å². The van der Waals surface area contributed by atoms with Crippen molar-refractivity contribution in [2.24, 2.45) is 15.3 Å². The van der Waals surface area contributed by atoms with Crippen LogP contribution in [0.5, 0.6) is 5.75 Å². The lowest BCUT2D eigenvalue weighted by atomic mass is 10.3. The summed E-state index contributed by atoms with van der Waals surface area (Å²) in [6.07, 6.45) is 0.649. The van der Waals surface area contributed by atoms with Crippen LogP contribution in [0.4, 0.5) is 10.8 Å². The zero-order valence-corrected chi connectivity index (χ0v) is 14.2. The smallest absolute Gasteiger partial charge is 0.231 e. The fourth-order valence-corrected chi connectivity index (χ4v) is 2.82. The molecule has 0 radical (unpaired) electrons. The van der Waals surface area contributed by atoms with E-state index < -0.39 is 0 Å². The van der Waals surface area contributed by atoms with E-state index >= 15 is 0 Å². The molecule has 0 saturated carbocycles. The van der Waals surface area contributed by atoms with Crippen molar-refractivity contribution in [3.63, 3.8) is 0 Å². The number of benzene rings is 2. The van der Waals surface area contributed by atoms with Gasteiger partial charge in [0.25, 0.3) is 0 Å². The number of fused-ring (bicyclic) bond motifs is 1. The number of hydrazone groups is 1. The molecule has 6 nitrogen and oxygen atoms in total. The number of aromatic nitrogens is 1. The Kier molecular flexibility index (Phi) is 5.12. The van der Waals surface area contributed by atoms with Gasteiger partial charge in [-0.25, -0.2) is 4.98 Å². The van der Waals surface area contributed by atoms with Crippen LogP contribution in [0.25, 0.3) is 10.2 Å². The molecule has 0 saturated heterocycles. The number of hydrogen-bond donors (Lipinski definition) is 1. The minimum Gasteiger partial charge on any atom is -0.495 e. The molecule has 0 bridgehead atoms. The topological polar surface area (TPSA) is 71.2 Å². The molecular formula is C17H17N5OS. The fourth-order valence-electron chi connectivity index (χ4n) is 2.04. The van der Waals surface area contributed by atoms with Gasteiger partial charge < -0.3 is 4.74 Å². The Morgan fingerprint density at radius 3 is 2.75 bits per heavy atom. The molecule has 0 aliphatic heterocycles. The van der Waals surface area contributed by atoms with Gasteiger partial charge in [0, 0.05) is 6.42 Å². The van der Waals surface area contributed by atoms with Gasteiger partial charge >= 0.3 is 0 Å². The van der Waals surface area contributed by atoms with Gasteiger partial charge in [0.2, 0.25) is 5.13 Å². The zero-order valence-electron chi connectivity index (χ0n) is 13.4. The van der Waals surface area contributed by atoms with Crippen LogP contribution in [0.1, 0.15) is 13.3 Å². The van der Waals surface area contributed by atoms with Gasteiger partial charge in [0.15, 0.2) is 5.84 Å². The molecule has 7 heteroatoms. The lowest BCUT2D eigenvalue weighted by molar-refractivity contribution is 0.416. The molecule has 0 aliphatic rings. The van der Waals surface area contributed by atoms with Crippen molar-refractivity contribution in [3.05, 3.63) is 48.5 Å². The molecule has 0 fully saturated rings. The lowest BCUT2D eigenvalue weighted by Crippen LogP contribution is -1.98. The zero-order chi connectivity index (χ0) is 16.8. The molecule has 0 atom stereocenters. The number of amidine groups is 1. The molecule has 122 valence electrons. The van der Waals surface area contributed by atoms with Crippen LogP contribution in [0.15, 0.2) is 63.9 Å².